The van der Waals surface area contributed by atoms with Crippen LogP contribution in [0.4, 0.5) is 0 Å². The highest BCUT2D eigenvalue weighted by Gasteiger charge is 2.44. The third kappa shape index (κ3) is 4.98. The maximum Gasteiger partial charge on any atom is 0.238 e. The van der Waals surface area contributed by atoms with Gasteiger partial charge in [-0.25, -0.2) is 5.43 Å². The van der Waals surface area contributed by atoms with Gasteiger partial charge in [-0.15, -0.1) is 0 Å². The quantitative estimate of drug-likeness (QED) is 0.783. The summed E-state index contributed by atoms with van der Waals surface area (Å²) in [6.45, 7) is 3.86. The third-order valence-electron chi connectivity index (χ3n) is 6.26. The van der Waals surface area contributed by atoms with Gasteiger partial charge in [0.05, 0.1) is 13.7 Å². The van der Waals surface area contributed by atoms with Crippen LogP contribution in [0, 0.1) is 0 Å². The number of likely N-dealkylation sites (tertiary alicyclic amines) is 1. The van der Waals surface area contributed by atoms with Crippen molar-refractivity contribution < 1.29 is 9.53 Å². The highest BCUT2D eigenvalue weighted by molar-refractivity contribution is 5.79. The number of piperidine rings is 1. The predicted octanol–water partition coefficient (Wildman–Crippen LogP) is 3.40. The summed E-state index contributed by atoms with van der Waals surface area (Å²) in [5.74, 6) is 1.05. The summed E-state index contributed by atoms with van der Waals surface area (Å²) < 4.78 is 5.21. The Bertz CT molecular complexity index is 799. The largest absolute Gasteiger partial charge is 0.497 e. The van der Waals surface area contributed by atoms with E-state index in [1.54, 1.807) is 7.11 Å². The lowest BCUT2D eigenvalue weighted by atomic mass is 9.86. The number of rotatable bonds is 7. The van der Waals surface area contributed by atoms with Gasteiger partial charge in [0, 0.05) is 12.0 Å². The molecule has 1 amide bonds. The Kier molecular flexibility index (Phi) is 6.16. The highest BCUT2D eigenvalue weighted by Crippen LogP contribution is 2.32. The molecule has 2 aliphatic heterocycles. The average Bonchev–Trinajstić information content (AvgIpc) is 3.05. The molecule has 2 aromatic rings. The molecule has 154 valence electrons. The number of nitrogens with one attached hydrogen (secondary N) is 1. The van der Waals surface area contributed by atoms with Crippen molar-refractivity contribution in [2.45, 2.75) is 44.2 Å². The molecule has 0 saturated carbocycles. The molecule has 2 aromatic carbocycles. The van der Waals surface area contributed by atoms with Crippen molar-refractivity contribution in [1.82, 2.24) is 15.3 Å². The third-order valence-corrected chi connectivity index (χ3v) is 6.26. The molecule has 2 aliphatic rings. The molecule has 2 fully saturated rings. The van der Waals surface area contributed by atoms with Crippen molar-refractivity contribution in [3.8, 4) is 5.75 Å². The van der Waals surface area contributed by atoms with E-state index in [4.69, 9.17) is 4.74 Å². The van der Waals surface area contributed by atoms with Gasteiger partial charge in [-0.3, -0.25) is 9.80 Å². The van der Waals surface area contributed by atoms with Crippen LogP contribution in [0.3, 0.4) is 0 Å². The number of carbonyl (C=O) groups is 1. The van der Waals surface area contributed by atoms with Crippen molar-refractivity contribution in [3.05, 3.63) is 65.7 Å². The van der Waals surface area contributed by atoms with Crippen LogP contribution in [0.1, 0.15) is 36.8 Å². The summed E-state index contributed by atoms with van der Waals surface area (Å²) in [7, 11) is 1.67. The molecule has 29 heavy (non-hydrogen) atoms. The van der Waals surface area contributed by atoms with Crippen LogP contribution in [0.25, 0.3) is 0 Å². The number of amides is 1. The van der Waals surface area contributed by atoms with Gasteiger partial charge in [0.25, 0.3) is 0 Å². The first kappa shape index (κ1) is 19.9. The van der Waals surface area contributed by atoms with Crippen molar-refractivity contribution in [3.63, 3.8) is 0 Å². The normalized spacial score (nSPS) is 19.1. The maximum atomic E-state index is 12.6. The van der Waals surface area contributed by atoms with Crippen LogP contribution in [0.5, 0.6) is 5.75 Å². The molecule has 0 aliphatic carbocycles. The molecule has 0 unspecified atom stereocenters. The van der Waals surface area contributed by atoms with E-state index in [1.165, 1.54) is 12.0 Å². The fraction of sp³-hybridized carbons (Fsp3) is 0.458. The summed E-state index contributed by atoms with van der Waals surface area (Å²) in [4.78, 5) is 15.2. The first-order valence-electron chi connectivity index (χ1n) is 10.6. The van der Waals surface area contributed by atoms with Crippen molar-refractivity contribution in [1.29, 1.82) is 0 Å². The zero-order valence-corrected chi connectivity index (χ0v) is 17.3. The topological polar surface area (TPSA) is 44.8 Å². The van der Waals surface area contributed by atoms with Gasteiger partial charge in [-0.1, -0.05) is 42.5 Å². The Morgan fingerprint density at radius 3 is 2.41 bits per heavy atom. The van der Waals surface area contributed by atoms with Crippen LogP contribution in [-0.2, 0) is 17.8 Å². The second-order valence-electron chi connectivity index (χ2n) is 8.33. The SMILES string of the molecule is COc1ccc(CN2NC3(CCN(CCCc4ccccc4)CC3)CC2=O)cc1. The van der Waals surface area contributed by atoms with Gasteiger partial charge in [0.1, 0.15) is 5.75 Å². The van der Waals surface area contributed by atoms with Gasteiger partial charge in [-0.05, 0) is 68.6 Å². The summed E-state index contributed by atoms with van der Waals surface area (Å²) in [6.07, 6.45) is 5.00. The lowest BCUT2D eigenvalue weighted by Crippen LogP contribution is -2.53. The molecular formula is C24H31N3O2. The second kappa shape index (κ2) is 8.97. The molecule has 1 spiro atoms. The molecule has 5 heteroatoms. The number of nitrogens with zero attached hydrogens (tertiary/aromatic N) is 2. The molecule has 0 aromatic heterocycles. The minimum atomic E-state index is -0.0561. The molecule has 1 N–H and O–H groups in total. The van der Waals surface area contributed by atoms with E-state index in [-0.39, 0.29) is 11.4 Å². The van der Waals surface area contributed by atoms with Crippen LogP contribution in [0.15, 0.2) is 54.6 Å². The first-order chi connectivity index (χ1) is 14.2. The van der Waals surface area contributed by atoms with E-state index in [0.29, 0.717) is 13.0 Å². The Balaban J connectivity index is 1.24. The molecule has 4 rings (SSSR count). The van der Waals surface area contributed by atoms with Crippen molar-refractivity contribution in [2.24, 2.45) is 0 Å². The Morgan fingerprint density at radius 1 is 1.00 bits per heavy atom. The van der Waals surface area contributed by atoms with Crippen LogP contribution >= 0.6 is 0 Å². The predicted molar refractivity (Wildman–Crippen MR) is 114 cm³/mol. The number of ether oxygens (including phenoxy) is 1. The Hall–Kier alpha value is -2.37. The zero-order chi connectivity index (χ0) is 20.1. The van der Waals surface area contributed by atoms with E-state index in [1.807, 2.05) is 29.3 Å². The molecule has 2 saturated heterocycles. The molecule has 0 atom stereocenters. The number of carbonyl (C=O) groups excluding carboxylic acids is 1. The molecule has 5 nitrogen and oxygen atoms in total. The van der Waals surface area contributed by atoms with Crippen LogP contribution in [0.2, 0.25) is 0 Å². The summed E-state index contributed by atoms with van der Waals surface area (Å²) >= 11 is 0. The number of hydrogen-bond donors (Lipinski definition) is 1. The van der Waals surface area contributed by atoms with Crippen LogP contribution < -0.4 is 10.2 Å². The number of aryl methyl sites for hydroxylation is 1. The van der Waals surface area contributed by atoms with E-state index < -0.39 is 0 Å². The number of hydrazine groups is 1. The fourth-order valence-electron chi connectivity index (χ4n) is 4.46. The molecular weight excluding hydrogens is 362 g/mol. The minimum Gasteiger partial charge on any atom is -0.497 e. The lowest BCUT2D eigenvalue weighted by molar-refractivity contribution is -0.130. The molecule has 0 bridgehead atoms. The van der Waals surface area contributed by atoms with E-state index in [0.717, 1.165) is 50.2 Å². The first-order valence-corrected chi connectivity index (χ1v) is 10.6. The average molecular weight is 394 g/mol. The standard InChI is InChI=1S/C24H31N3O2/c1-29-22-11-9-21(10-12-22)19-27-23(28)18-24(25-27)13-16-26(17-14-24)15-5-8-20-6-3-2-4-7-20/h2-4,6-7,9-12,25H,5,8,13-19H2,1H3. The second-order valence-corrected chi connectivity index (χ2v) is 8.33. The van der Waals surface area contributed by atoms with E-state index in [2.05, 4.69) is 40.7 Å². The maximum absolute atomic E-state index is 12.6. The van der Waals surface area contributed by atoms with E-state index in [9.17, 15) is 4.79 Å². The van der Waals surface area contributed by atoms with Crippen molar-refractivity contribution in [2.75, 3.05) is 26.7 Å². The van der Waals surface area contributed by atoms with Gasteiger partial charge < -0.3 is 9.64 Å². The fourth-order valence-corrected chi connectivity index (χ4v) is 4.46. The number of hydrogen-bond acceptors (Lipinski definition) is 4. The number of benzene rings is 2. The Labute approximate surface area is 173 Å². The van der Waals surface area contributed by atoms with Crippen molar-refractivity contribution >= 4 is 5.91 Å². The van der Waals surface area contributed by atoms with Gasteiger partial charge in [0.15, 0.2) is 0 Å². The van der Waals surface area contributed by atoms with Gasteiger partial charge >= 0.3 is 0 Å². The zero-order valence-electron chi connectivity index (χ0n) is 17.3. The lowest BCUT2D eigenvalue weighted by Gasteiger charge is -2.39. The minimum absolute atomic E-state index is 0.0561. The van der Waals surface area contributed by atoms with E-state index >= 15 is 0 Å². The van der Waals surface area contributed by atoms with Gasteiger partial charge in [0.2, 0.25) is 5.91 Å². The smallest absolute Gasteiger partial charge is 0.238 e. The van der Waals surface area contributed by atoms with Crippen LogP contribution in [-0.4, -0.2) is 48.1 Å². The van der Waals surface area contributed by atoms with Gasteiger partial charge in [-0.2, -0.15) is 0 Å². The molecule has 0 radical (unpaired) electrons. The summed E-state index contributed by atoms with van der Waals surface area (Å²) in [5.41, 5.74) is 6.03. The molecule has 2 heterocycles. The number of methoxy groups -OCH3 is 1. The summed E-state index contributed by atoms with van der Waals surface area (Å²) in [6, 6.07) is 18.6. The monoisotopic (exact) mass is 393 g/mol. The highest BCUT2D eigenvalue weighted by atomic mass is 16.5. The Morgan fingerprint density at radius 2 is 1.72 bits per heavy atom. The summed E-state index contributed by atoms with van der Waals surface area (Å²) in [5, 5.41) is 1.81.